The normalized spacial score (nSPS) is 25.1. The first-order chi connectivity index (χ1) is 11.1. The fraction of sp³-hybridized carbons (Fsp3) is 0.500. The molecule has 1 aromatic carbocycles. The van der Waals surface area contributed by atoms with Crippen molar-refractivity contribution in [2.24, 2.45) is 5.92 Å². The van der Waals surface area contributed by atoms with Crippen molar-refractivity contribution < 1.29 is 9.59 Å². The van der Waals surface area contributed by atoms with Gasteiger partial charge < -0.3 is 0 Å². The fourth-order valence-electron chi connectivity index (χ4n) is 3.70. The summed E-state index contributed by atoms with van der Waals surface area (Å²) in [5.41, 5.74) is 1.12. The van der Waals surface area contributed by atoms with Crippen molar-refractivity contribution in [1.29, 1.82) is 0 Å². The number of carbonyl (C=O) groups excluding carboxylic acids is 2. The van der Waals surface area contributed by atoms with Crippen LogP contribution in [-0.4, -0.2) is 35.1 Å². The molecule has 120 valence electrons. The monoisotopic (exact) mass is 309 g/mol. The number of piperidine rings is 1. The van der Waals surface area contributed by atoms with Crippen LogP contribution < -0.4 is 0 Å². The van der Waals surface area contributed by atoms with Gasteiger partial charge in [-0.05, 0) is 26.7 Å². The number of fused-ring (bicyclic) bond motifs is 1. The molecule has 0 bridgehead atoms. The molecule has 0 aromatic heterocycles. The Morgan fingerprint density at radius 2 is 1.57 bits per heavy atom. The summed E-state index contributed by atoms with van der Waals surface area (Å²) < 4.78 is 0. The molecular weight excluding hydrogens is 286 g/mol. The Labute approximate surface area is 138 Å². The Hall–Kier alpha value is -1.92. The minimum absolute atomic E-state index is 0.0698. The van der Waals surface area contributed by atoms with E-state index in [4.69, 9.17) is 0 Å². The van der Waals surface area contributed by atoms with E-state index in [2.05, 4.69) is 30.6 Å². The van der Waals surface area contributed by atoms with Crippen LogP contribution in [-0.2, 0) is 0 Å². The van der Waals surface area contributed by atoms with Crippen LogP contribution in [0.3, 0.4) is 0 Å². The zero-order valence-electron chi connectivity index (χ0n) is 13.8. The second kappa shape index (κ2) is 6.68. The van der Waals surface area contributed by atoms with E-state index in [9.17, 15) is 9.59 Å². The van der Waals surface area contributed by atoms with Gasteiger partial charge in [0.2, 0.25) is 0 Å². The zero-order valence-corrected chi connectivity index (χ0v) is 13.8. The molecule has 2 aliphatic rings. The number of Topliss-reactive ketones (excluding diaryl/α,β-unsaturated/α-hetero) is 2. The van der Waals surface area contributed by atoms with Crippen LogP contribution in [0.5, 0.6) is 0 Å². The third-order valence-electron chi connectivity index (χ3n) is 5.16. The van der Waals surface area contributed by atoms with Crippen molar-refractivity contribution in [3.05, 3.63) is 35.4 Å². The highest BCUT2D eigenvalue weighted by Gasteiger charge is 2.37. The maximum absolute atomic E-state index is 12.3. The molecule has 3 rings (SSSR count). The third kappa shape index (κ3) is 3.09. The average molecular weight is 309 g/mol. The molecule has 1 aliphatic heterocycles. The maximum atomic E-state index is 12.3. The minimum Gasteiger partial charge on any atom is -0.293 e. The van der Waals surface area contributed by atoms with Gasteiger partial charge in [0, 0.05) is 29.6 Å². The van der Waals surface area contributed by atoms with Gasteiger partial charge in [0.15, 0.2) is 11.6 Å². The van der Waals surface area contributed by atoms with Crippen LogP contribution in [0.1, 0.15) is 60.2 Å². The van der Waals surface area contributed by atoms with Crippen molar-refractivity contribution in [3.8, 4) is 11.8 Å². The fourth-order valence-corrected chi connectivity index (χ4v) is 3.70. The van der Waals surface area contributed by atoms with Crippen LogP contribution in [0.15, 0.2) is 24.3 Å². The van der Waals surface area contributed by atoms with Crippen molar-refractivity contribution in [2.75, 3.05) is 6.54 Å². The number of likely N-dealkylation sites (tertiary alicyclic amines) is 1. The molecule has 0 saturated carbocycles. The van der Waals surface area contributed by atoms with Gasteiger partial charge in [-0.1, -0.05) is 36.6 Å². The van der Waals surface area contributed by atoms with Gasteiger partial charge in [0.05, 0.1) is 12.5 Å². The van der Waals surface area contributed by atoms with E-state index < -0.39 is 5.92 Å². The van der Waals surface area contributed by atoms with Gasteiger partial charge in [-0.25, -0.2) is 0 Å². The largest absolute Gasteiger partial charge is 0.293 e. The summed E-state index contributed by atoms with van der Waals surface area (Å²) >= 11 is 0. The molecule has 1 heterocycles. The number of rotatable bonds is 2. The SMILES string of the molecule is CC1CCCC(C)N1CC#CCC1C(=O)c2ccccc2C1=O. The molecule has 0 radical (unpaired) electrons. The number of hydrogen-bond donors (Lipinski definition) is 0. The molecule has 3 nitrogen and oxygen atoms in total. The van der Waals surface area contributed by atoms with Crippen molar-refractivity contribution in [2.45, 2.75) is 51.6 Å². The molecule has 0 spiro atoms. The second-order valence-electron chi connectivity index (χ2n) is 6.69. The summed E-state index contributed by atoms with van der Waals surface area (Å²) in [7, 11) is 0. The molecule has 1 aromatic rings. The molecule has 23 heavy (non-hydrogen) atoms. The standard InChI is InChI=1S/C20H23NO2/c1-14-8-7-9-15(2)21(14)13-6-5-12-18-19(22)16-10-3-4-11-17(16)20(18)23/h3-4,10-11,14-15,18H,7-9,12-13H2,1-2H3. The van der Waals surface area contributed by atoms with Gasteiger partial charge >= 0.3 is 0 Å². The molecule has 1 fully saturated rings. The lowest BCUT2D eigenvalue weighted by Gasteiger charge is -2.37. The van der Waals surface area contributed by atoms with Crippen molar-refractivity contribution in [1.82, 2.24) is 4.90 Å². The number of benzene rings is 1. The van der Waals surface area contributed by atoms with Crippen LogP contribution in [0.2, 0.25) is 0 Å². The number of ketones is 2. The average Bonchev–Trinajstić information content (AvgIpc) is 2.79. The lowest BCUT2D eigenvalue weighted by molar-refractivity contribution is 0.0842. The molecule has 0 amide bonds. The summed E-state index contributed by atoms with van der Waals surface area (Å²) in [5, 5.41) is 0. The maximum Gasteiger partial charge on any atom is 0.175 e. The van der Waals surface area contributed by atoms with Crippen molar-refractivity contribution >= 4 is 11.6 Å². The van der Waals surface area contributed by atoms with E-state index in [1.54, 1.807) is 24.3 Å². The predicted molar refractivity (Wildman–Crippen MR) is 90.5 cm³/mol. The Morgan fingerprint density at radius 3 is 2.13 bits per heavy atom. The second-order valence-corrected chi connectivity index (χ2v) is 6.69. The molecule has 1 saturated heterocycles. The lowest BCUT2D eigenvalue weighted by atomic mass is 9.97. The van der Waals surface area contributed by atoms with Gasteiger partial charge in [-0.3, -0.25) is 14.5 Å². The first-order valence-electron chi connectivity index (χ1n) is 8.48. The van der Waals surface area contributed by atoms with E-state index in [0.717, 1.165) is 6.54 Å². The molecule has 2 atom stereocenters. The minimum atomic E-state index is -0.601. The summed E-state index contributed by atoms with van der Waals surface area (Å²) in [6.07, 6.45) is 4.07. The first kappa shape index (κ1) is 16.0. The highest BCUT2D eigenvalue weighted by atomic mass is 16.2. The summed E-state index contributed by atoms with van der Waals surface area (Å²) in [4.78, 5) is 27.0. The predicted octanol–water partition coefficient (Wildman–Crippen LogP) is 3.34. The molecular formula is C20H23NO2. The number of carbonyl (C=O) groups is 2. The quantitative estimate of drug-likeness (QED) is 0.621. The molecule has 0 N–H and O–H groups in total. The Balaban J connectivity index is 1.62. The Bertz CT molecular complexity index is 637. The lowest BCUT2D eigenvalue weighted by Crippen LogP contribution is -2.43. The van der Waals surface area contributed by atoms with Crippen LogP contribution in [0.25, 0.3) is 0 Å². The number of nitrogens with zero attached hydrogens (tertiary/aromatic N) is 1. The zero-order chi connectivity index (χ0) is 16.4. The highest BCUT2D eigenvalue weighted by molar-refractivity contribution is 6.26. The van der Waals surface area contributed by atoms with Crippen LogP contribution in [0.4, 0.5) is 0 Å². The van der Waals surface area contributed by atoms with E-state index in [-0.39, 0.29) is 11.6 Å². The van der Waals surface area contributed by atoms with E-state index in [0.29, 0.717) is 29.6 Å². The molecule has 3 heteroatoms. The highest BCUT2D eigenvalue weighted by Crippen LogP contribution is 2.28. The smallest absolute Gasteiger partial charge is 0.175 e. The summed E-state index contributed by atoms with van der Waals surface area (Å²) in [5.74, 6) is 5.52. The molecule has 2 unspecified atom stereocenters. The van der Waals surface area contributed by atoms with Gasteiger partial charge in [-0.2, -0.15) is 0 Å². The van der Waals surface area contributed by atoms with Gasteiger partial charge in [-0.15, -0.1) is 5.92 Å². The van der Waals surface area contributed by atoms with Gasteiger partial charge in [0.1, 0.15) is 0 Å². The summed E-state index contributed by atoms with van der Waals surface area (Å²) in [6.45, 7) is 5.22. The first-order valence-corrected chi connectivity index (χ1v) is 8.48. The number of hydrogen-bond acceptors (Lipinski definition) is 3. The van der Waals surface area contributed by atoms with E-state index in [1.165, 1.54) is 19.3 Å². The third-order valence-corrected chi connectivity index (χ3v) is 5.16. The van der Waals surface area contributed by atoms with Crippen LogP contribution >= 0.6 is 0 Å². The van der Waals surface area contributed by atoms with E-state index >= 15 is 0 Å². The summed E-state index contributed by atoms with van der Waals surface area (Å²) in [6, 6.07) is 8.20. The van der Waals surface area contributed by atoms with E-state index in [1.807, 2.05) is 0 Å². The van der Waals surface area contributed by atoms with Crippen molar-refractivity contribution in [3.63, 3.8) is 0 Å². The Kier molecular flexibility index (Phi) is 4.63. The van der Waals surface area contributed by atoms with Gasteiger partial charge in [0.25, 0.3) is 0 Å². The molecule has 1 aliphatic carbocycles. The topological polar surface area (TPSA) is 37.4 Å². The Morgan fingerprint density at radius 1 is 1.00 bits per heavy atom. The van der Waals surface area contributed by atoms with Crippen LogP contribution in [0, 0.1) is 17.8 Å².